The summed E-state index contributed by atoms with van der Waals surface area (Å²) in [5, 5.41) is 0. The SMILES string of the molecule is Cc1nc2ccc(C(=O)C3CCC(N)CC3)cc2o1. The number of carbonyl (C=O) groups excluding carboxylic acids is 1. The Bertz CT molecular complexity index is 610. The van der Waals surface area contributed by atoms with Crippen molar-refractivity contribution in [2.24, 2.45) is 11.7 Å². The molecule has 1 aromatic carbocycles. The summed E-state index contributed by atoms with van der Waals surface area (Å²) >= 11 is 0. The summed E-state index contributed by atoms with van der Waals surface area (Å²) in [5.74, 6) is 0.951. The fraction of sp³-hybridized carbons (Fsp3) is 0.467. The predicted octanol–water partition coefficient (Wildman–Crippen LogP) is 2.84. The van der Waals surface area contributed by atoms with Crippen molar-refractivity contribution in [2.45, 2.75) is 38.6 Å². The molecule has 0 saturated heterocycles. The van der Waals surface area contributed by atoms with Crippen molar-refractivity contribution in [1.82, 2.24) is 4.98 Å². The summed E-state index contributed by atoms with van der Waals surface area (Å²) in [6.07, 6.45) is 3.68. The van der Waals surface area contributed by atoms with Crippen LogP contribution in [0.3, 0.4) is 0 Å². The Labute approximate surface area is 112 Å². The first-order valence-electron chi connectivity index (χ1n) is 6.80. The zero-order chi connectivity index (χ0) is 13.4. The summed E-state index contributed by atoms with van der Waals surface area (Å²) in [7, 11) is 0. The molecule has 0 bridgehead atoms. The molecule has 2 aromatic rings. The maximum absolute atomic E-state index is 12.5. The van der Waals surface area contributed by atoms with Crippen LogP contribution < -0.4 is 5.73 Å². The smallest absolute Gasteiger partial charge is 0.192 e. The molecule has 0 radical (unpaired) electrons. The minimum Gasteiger partial charge on any atom is -0.441 e. The Morgan fingerprint density at radius 3 is 2.79 bits per heavy atom. The minimum absolute atomic E-state index is 0.112. The van der Waals surface area contributed by atoms with Crippen molar-refractivity contribution < 1.29 is 9.21 Å². The minimum atomic E-state index is 0.112. The van der Waals surface area contributed by atoms with E-state index in [1.807, 2.05) is 25.1 Å². The van der Waals surface area contributed by atoms with Crippen LogP contribution in [0.2, 0.25) is 0 Å². The quantitative estimate of drug-likeness (QED) is 0.841. The van der Waals surface area contributed by atoms with Crippen molar-refractivity contribution >= 4 is 16.9 Å². The number of nitrogens with zero attached hydrogens (tertiary/aromatic N) is 1. The number of Topliss-reactive ketones (excluding diaryl/α,β-unsaturated/α-hetero) is 1. The third kappa shape index (κ3) is 2.40. The molecule has 1 aromatic heterocycles. The van der Waals surface area contributed by atoms with Crippen LogP contribution in [0.4, 0.5) is 0 Å². The lowest BCUT2D eigenvalue weighted by molar-refractivity contribution is 0.0885. The van der Waals surface area contributed by atoms with Crippen LogP contribution in [0.1, 0.15) is 41.9 Å². The molecule has 19 heavy (non-hydrogen) atoms. The summed E-state index contributed by atoms with van der Waals surface area (Å²) in [5.41, 5.74) is 8.10. The van der Waals surface area contributed by atoms with Gasteiger partial charge in [0.05, 0.1) is 0 Å². The number of fused-ring (bicyclic) bond motifs is 1. The van der Waals surface area contributed by atoms with E-state index in [-0.39, 0.29) is 17.7 Å². The Morgan fingerprint density at radius 1 is 1.32 bits per heavy atom. The molecule has 0 spiro atoms. The molecular formula is C15H18N2O2. The topological polar surface area (TPSA) is 69.1 Å². The van der Waals surface area contributed by atoms with E-state index in [0.29, 0.717) is 11.5 Å². The Hall–Kier alpha value is -1.68. The van der Waals surface area contributed by atoms with Gasteiger partial charge in [-0.25, -0.2) is 4.98 Å². The van der Waals surface area contributed by atoms with Crippen LogP contribution in [-0.2, 0) is 0 Å². The number of aromatic nitrogens is 1. The molecule has 1 saturated carbocycles. The number of nitrogens with two attached hydrogens (primary N) is 1. The van der Waals surface area contributed by atoms with Crippen LogP contribution in [0.15, 0.2) is 22.6 Å². The molecule has 0 unspecified atom stereocenters. The third-order valence-corrected chi connectivity index (χ3v) is 3.92. The average molecular weight is 258 g/mol. The molecule has 0 aliphatic heterocycles. The highest BCUT2D eigenvalue weighted by Crippen LogP contribution is 2.27. The van der Waals surface area contributed by atoms with E-state index in [0.717, 1.165) is 36.8 Å². The second-order valence-corrected chi connectivity index (χ2v) is 5.39. The van der Waals surface area contributed by atoms with E-state index in [1.165, 1.54) is 0 Å². The van der Waals surface area contributed by atoms with Crippen LogP contribution in [0.25, 0.3) is 11.1 Å². The average Bonchev–Trinajstić information content (AvgIpc) is 2.77. The van der Waals surface area contributed by atoms with Crippen LogP contribution in [-0.4, -0.2) is 16.8 Å². The number of rotatable bonds is 2. The first-order valence-corrected chi connectivity index (χ1v) is 6.80. The lowest BCUT2D eigenvalue weighted by Gasteiger charge is -2.24. The first-order chi connectivity index (χ1) is 9.13. The van der Waals surface area contributed by atoms with Gasteiger partial charge in [-0.2, -0.15) is 0 Å². The van der Waals surface area contributed by atoms with Gasteiger partial charge in [0.1, 0.15) is 5.52 Å². The monoisotopic (exact) mass is 258 g/mol. The maximum atomic E-state index is 12.5. The van der Waals surface area contributed by atoms with E-state index in [9.17, 15) is 4.79 Å². The second-order valence-electron chi connectivity index (χ2n) is 5.39. The van der Waals surface area contributed by atoms with E-state index < -0.39 is 0 Å². The second kappa shape index (κ2) is 4.78. The fourth-order valence-corrected chi connectivity index (χ4v) is 2.81. The van der Waals surface area contributed by atoms with Gasteiger partial charge in [-0.15, -0.1) is 0 Å². The number of hydrogen-bond acceptors (Lipinski definition) is 4. The van der Waals surface area contributed by atoms with Gasteiger partial charge in [-0.3, -0.25) is 4.79 Å². The molecule has 4 nitrogen and oxygen atoms in total. The highest BCUT2D eigenvalue weighted by molar-refractivity contribution is 6.00. The highest BCUT2D eigenvalue weighted by Gasteiger charge is 2.25. The molecule has 3 rings (SSSR count). The van der Waals surface area contributed by atoms with E-state index >= 15 is 0 Å². The van der Waals surface area contributed by atoms with Crippen molar-refractivity contribution in [3.8, 4) is 0 Å². The number of hydrogen-bond donors (Lipinski definition) is 1. The summed E-state index contributed by atoms with van der Waals surface area (Å²) in [4.78, 5) is 16.7. The van der Waals surface area contributed by atoms with Gasteiger partial charge >= 0.3 is 0 Å². The van der Waals surface area contributed by atoms with Crippen LogP contribution >= 0.6 is 0 Å². The molecule has 1 aliphatic carbocycles. The molecule has 0 atom stereocenters. The van der Waals surface area contributed by atoms with E-state index in [2.05, 4.69) is 4.98 Å². The van der Waals surface area contributed by atoms with Crippen molar-refractivity contribution in [3.63, 3.8) is 0 Å². The molecular weight excluding hydrogens is 240 g/mol. The van der Waals surface area contributed by atoms with Gasteiger partial charge < -0.3 is 10.2 Å². The van der Waals surface area contributed by atoms with E-state index in [1.54, 1.807) is 0 Å². The van der Waals surface area contributed by atoms with Gasteiger partial charge in [0.2, 0.25) is 0 Å². The molecule has 1 heterocycles. The van der Waals surface area contributed by atoms with Crippen LogP contribution in [0.5, 0.6) is 0 Å². The standard InChI is InChI=1S/C15H18N2O2/c1-9-17-13-7-4-11(8-14(13)19-9)15(18)10-2-5-12(16)6-3-10/h4,7-8,10,12H,2-3,5-6,16H2,1H3. The number of oxazole rings is 1. The maximum Gasteiger partial charge on any atom is 0.192 e. The zero-order valence-corrected chi connectivity index (χ0v) is 11.1. The first kappa shape index (κ1) is 12.4. The lowest BCUT2D eigenvalue weighted by atomic mass is 9.82. The zero-order valence-electron chi connectivity index (χ0n) is 11.1. The van der Waals surface area contributed by atoms with Crippen molar-refractivity contribution in [2.75, 3.05) is 0 Å². The number of carbonyl (C=O) groups is 1. The largest absolute Gasteiger partial charge is 0.441 e. The molecule has 4 heteroatoms. The number of aryl methyl sites for hydroxylation is 1. The predicted molar refractivity (Wildman–Crippen MR) is 73.0 cm³/mol. The van der Waals surface area contributed by atoms with Gasteiger partial charge in [0.25, 0.3) is 0 Å². The Kier molecular flexibility index (Phi) is 3.11. The molecule has 100 valence electrons. The van der Waals surface area contributed by atoms with E-state index in [4.69, 9.17) is 10.2 Å². The van der Waals surface area contributed by atoms with Gasteiger partial charge in [-0.1, -0.05) is 0 Å². The Balaban J connectivity index is 1.84. The normalized spacial score (nSPS) is 23.7. The highest BCUT2D eigenvalue weighted by atomic mass is 16.3. The van der Waals surface area contributed by atoms with Crippen LogP contribution in [0, 0.1) is 12.8 Å². The number of ketones is 1. The number of benzene rings is 1. The summed E-state index contributed by atoms with van der Waals surface area (Å²) in [6, 6.07) is 5.78. The van der Waals surface area contributed by atoms with Gasteiger partial charge in [0.15, 0.2) is 17.3 Å². The van der Waals surface area contributed by atoms with Crippen molar-refractivity contribution in [1.29, 1.82) is 0 Å². The van der Waals surface area contributed by atoms with Gasteiger partial charge in [0, 0.05) is 24.4 Å². The summed E-state index contributed by atoms with van der Waals surface area (Å²) in [6.45, 7) is 1.81. The molecule has 2 N–H and O–H groups in total. The van der Waals surface area contributed by atoms with Gasteiger partial charge in [-0.05, 0) is 43.9 Å². The lowest BCUT2D eigenvalue weighted by Crippen LogP contribution is -2.29. The molecule has 1 fully saturated rings. The summed E-state index contributed by atoms with van der Waals surface area (Å²) < 4.78 is 5.48. The molecule has 0 amide bonds. The fourth-order valence-electron chi connectivity index (χ4n) is 2.81. The Morgan fingerprint density at radius 2 is 2.05 bits per heavy atom. The third-order valence-electron chi connectivity index (χ3n) is 3.92. The van der Waals surface area contributed by atoms with Crippen molar-refractivity contribution in [3.05, 3.63) is 29.7 Å². The molecule has 1 aliphatic rings.